The lowest BCUT2D eigenvalue weighted by Crippen LogP contribution is -2.47. The van der Waals surface area contributed by atoms with E-state index in [0.29, 0.717) is 38.2 Å². The number of benzene rings is 1. The van der Waals surface area contributed by atoms with Gasteiger partial charge in [-0.2, -0.15) is 0 Å². The third-order valence-electron chi connectivity index (χ3n) is 3.41. The van der Waals surface area contributed by atoms with Crippen LogP contribution in [0.2, 0.25) is 0 Å². The van der Waals surface area contributed by atoms with E-state index in [-0.39, 0.29) is 0 Å². The minimum absolute atomic E-state index is 0.492. The van der Waals surface area contributed by atoms with Crippen molar-refractivity contribution in [1.82, 2.24) is 5.32 Å². The van der Waals surface area contributed by atoms with Crippen LogP contribution in [-0.2, 0) is 10.3 Å². The third kappa shape index (κ3) is 3.41. The summed E-state index contributed by atoms with van der Waals surface area (Å²) < 4.78 is 33.2. The fraction of sp³-hybridized carbons (Fsp3) is 0.429. The van der Waals surface area contributed by atoms with E-state index in [9.17, 15) is 8.78 Å². The number of halogens is 3. The molecule has 1 aromatic rings. The first-order valence-corrected chi connectivity index (χ1v) is 6.94. The van der Waals surface area contributed by atoms with Crippen LogP contribution in [0.3, 0.4) is 0 Å². The second kappa shape index (κ2) is 6.11. The zero-order valence-electron chi connectivity index (χ0n) is 10.5. The maximum absolute atomic E-state index is 14.0. The smallest absolute Gasteiger partial charge is 0.131 e. The van der Waals surface area contributed by atoms with Crippen molar-refractivity contribution < 1.29 is 13.5 Å². The van der Waals surface area contributed by atoms with Gasteiger partial charge in [0.25, 0.3) is 0 Å². The van der Waals surface area contributed by atoms with Gasteiger partial charge in [-0.25, -0.2) is 8.78 Å². The van der Waals surface area contributed by atoms with Crippen LogP contribution in [0.4, 0.5) is 8.78 Å². The number of hydrogen-bond acceptors (Lipinski definition) is 2. The van der Waals surface area contributed by atoms with Crippen molar-refractivity contribution in [2.45, 2.75) is 18.4 Å². The fourth-order valence-corrected chi connectivity index (χ4v) is 2.54. The summed E-state index contributed by atoms with van der Waals surface area (Å²) in [6, 6.07) is 3.73. The summed E-state index contributed by atoms with van der Waals surface area (Å²) in [5.41, 5.74) is -0.0295. The Kier molecular flexibility index (Phi) is 4.71. The van der Waals surface area contributed by atoms with Crippen LogP contribution in [0.5, 0.6) is 0 Å². The molecule has 2 rings (SSSR count). The first-order valence-electron chi connectivity index (χ1n) is 6.15. The van der Waals surface area contributed by atoms with Crippen LogP contribution in [0.25, 0.3) is 0 Å². The summed E-state index contributed by atoms with van der Waals surface area (Å²) in [6.07, 6.45) is 1.30. The molecule has 1 aliphatic rings. The first kappa shape index (κ1) is 14.6. The molecule has 0 atom stereocenters. The monoisotopic (exact) mass is 331 g/mol. The van der Waals surface area contributed by atoms with Crippen molar-refractivity contribution in [2.24, 2.45) is 0 Å². The Morgan fingerprint density at radius 1 is 1.37 bits per heavy atom. The van der Waals surface area contributed by atoms with E-state index in [4.69, 9.17) is 4.74 Å². The van der Waals surface area contributed by atoms with Gasteiger partial charge in [0.15, 0.2) is 0 Å². The van der Waals surface area contributed by atoms with Gasteiger partial charge in [0.2, 0.25) is 0 Å². The molecule has 0 unspecified atom stereocenters. The Bertz CT molecular complexity index is 473. The molecule has 1 saturated heterocycles. The molecule has 0 amide bonds. The lowest BCUT2D eigenvalue weighted by atomic mass is 9.82. The molecule has 0 aliphatic carbocycles. The topological polar surface area (TPSA) is 21.3 Å². The molecule has 0 saturated carbocycles. The van der Waals surface area contributed by atoms with Gasteiger partial charge in [-0.1, -0.05) is 28.6 Å². The van der Waals surface area contributed by atoms with Gasteiger partial charge in [-0.3, -0.25) is 0 Å². The lowest BCUT2D eigenvalue weighted by molar-refractivity contribution is 0.0366. The molecule has 1 aliphatic heterocycles. The van der Waals surface area contributed by atoms with E-state index < -0.39 is 17.2 Å². The van der Waals surface area contributed by atoms with Crippen LogP contribution in [0, 0.1) is 11.6 Å². The molecule has 0 aromatic heterocycles. The molecule has 1 fully saturated rings. The van der Waals surface area contributed by atoms with Crippen molar-refractivity contribution in [1.29, 1.82) is 0 Å². The molecule has 5 heteroatoms. The normalized spacial score (nSPS) is 18.3. The van der Waals surface area contributed by atoms with Gasteiger partial charge in [-0.15, -0.1) is 0 Å². The minimum atomic E-state index is -0.562. The van der Waals surface area contributed by atoms with E-state index in [1.807, 2.05) is 0 Å². The van der Waals surface area contributed by atoms with Crippen molar-refractivity contribution >= 4 is 15.9 Å². The summed E-state index contributed by atoms with van der Waals surface area (Å²) >= 11 is 3.29. The number of ether oxygens (including phenoxy) is 1. The third-order valence-corrected chi connectivity index (χ3v) is 3.69. The number of rotatable bonds is 4. The molecule has 0 radical (unpaired) electrons. The second-order valence-electron chi connectivity index (χ2n) is 4.69. The highest BCUT2D eigenvalue weighted by Gasteiger charge is 2.36. The van der Waals surface area contributed by atoms with Crippen molar-refractivity contribution in [2.75, 3.05) is 19.8 Å². The van der Waals surface area contributed by atoms with E-state index in [0.717, 1.165) is 10.5 Å². The quantitative estimate of drug-likeness (QED) is 0.912. The van der Waals surface area contributed by atoms with E-state index in [1.54, 1.807) is 0 Å². The van der Waals surface area contributed by atoms with Crippen LogP contribution < -0.4 is 5.32 Å². The molecule has 0 spiro atoms. The zero-order chi connectivity index (χ0) is 13.9. The highest BCUT2D eigenvalue weighted by Crippen LogP contribution is 2.34. The summed E-state index contributed by atoms with van der Waals surface area (Å²) in [6.45, 7) is 5.40. The van der Waals surface area contributed by atoms with E-state index >= 15 is 0 Å². The molecule has 1 aromatic carbocycles. The molecule has 104 valence electrons. The summed E-state index contributed by atoms with van der Waals surface area (Å²) in [7, 11) is 0. The molecular formula is C14H16BrF2NO. The molecule has 19 heavy (non-hydrogen) atoms. The van der Waals surface area contributed by atoms with Crippen molar-refractivity contribution in [3.63, 3.8) is 0 Å². The summed E-state index contributed by atoms with van der Waals surface area (Å²) in [5, 5.41) is 3.32. The van der Waals surface area contributed by atoms with Gasteiger partial charge in [-0.05, 0) is 18.9 Å². The standard InChI is InChI=1S/C14H16BrF2NO/c1-10(15)9-18-14(4-6-19-7-5-14)12-3-2-11(16)8-13(12)17/h2-3,8,18H,1,4-7,9H2. The van der Waals surface area contributed by atoms with E-state index in [1.165, 1.54) is 12.1 Å². The molecule has 1 N–H and O–H groups in total. The molecule has 2 nitrogen and oxygen atoms in total. The van der Waals surface area contributed by atoms with Gasteiger partial charge < -0.3 is 10.1 Å². The number of hydrogen-bond donors (Lipinski definition) is 1. The average Bonchev–Trinajstić information content (AvgIpc) is 2.37. The lowest BCUT2D eigenvalue weighted by Gasteiger charge is -2.39. The van der Waals surface area contributed by atoms with Crippen molar-refractivity contribution in [3.8, 4) is 0 Å². The van der Waals surface area contributed by atoms with Crippen molar-refractivity contribution in [3.05, 3.63) is 46.5 Å². The Hall–Kier alpha value is -0.780. The predicted octanol–water partition coefficient (Wildman–Crippen LogP) is 3.47. The molecular weight excluding hydrogens is 316 g/mol. The Morgan fingerprint density at radius 2 is 2.05 bits per heavy atom. The Morgan fingerprint density at radius 3 is 2.63 bits per heavy atom. The Labute approximate surface area is 120 Å². The molecule has 0 bridgehead atoms. The van der Waals surface area contributed by atoms with Crippen LogP contribution in [0.15, 0.2) is 29.3 Å². The predicted molar refractivity (Wildman–Crippen MR) is 74.2 cm³/mol. The summed E-state index contributed by atoms with van der Waals surface area (Å²) in [5.74, 6) is -1.08. The zero-order valence-corrected chi connectivity index (χ0v) is 12.1. The van der Waals surface area contributed by atoms with Crippen LogP contribution in [0.1, 0.15) is 18.4 Å². The minimum Gasteiger partial charge on any atom is -0.381 e. The van der Waals surface area contributed by atoms with Gasteiger partial charge in [0.1, 0.15) is 11.6 Å². The van der Waals surface area contributed by atoms with Gasteiger partial charge in [0, 0.05) is 35.9 Å². The van der Waals surface area contributed by atoms with Gasteiger partial charge in [0.05, 0.1) is 5.54 Å². The fourth-order valence-electron chi connectivity index (χ4n) is 2.40. The Balaban J connectivity index is 2.32. The SMILES string of the molecule is C=C(Br)CNC1(c2ccc(F)cc2F)CCOCC1. The number of nitrogens with one attached hydrogen (secondary N) is 1. The maximum Gasteiger partial charge on any atom is 0.131 e. The highest BCUT2D eigenvalue weighted by molar-refractivity contribution is 9.11. The van der Waals surface area contributed by atoms with Gasteiger partial charge >= 0.3 is 0 Å². The summed E-state index contributed by atoms with van der Waals surface area (Å²) in [4.78, 5) is 0. The highest BCUT2D eigenvalue weighted by atomic mass is 79.9. The average molecular weight is 332 g/mol. The largest absolute Gasteiger partial charge is 0.381 e. The molecule has 1 heterocycles. The van der Waals surface area contributed by atoms with Crippen LogP contribution in [-0.4, -0.2) is 19.8 Å². The van der Waals surface area contributed by atoms with E-state index in [2.05, 4.69) is 27.8 Å². The maximum atomic E-state index is 14.0. The first-order chi connectivity index (χ1) is 9.03. The second-order valence-corrected chi connectivity index (χ2v) is 5.81. The van der Waals surface area contributed by atoms with Crippen LogP contribution >= 0.6 is 15.9 Å².